The van der Waals surface area contributed by atoms with E-state index in [1.165, 1.54) is 31.4 Å². The van der Waals surface area contributed by atoms with Crippen LogP contribution in [0, 0.1) is 0 Å². The number of hydrogen-bond donors (Lipinski definition) is 2. The molecule has 3 heteroatoms. The Kier molecular flexibility index (Phi) is 12.6. The Labute approximate surface area is 99.2 Å². The molecule has 0 radical (unpaired) electrons. The maximum absolute atomic E-state index is 8.62. The van der Waals surface area contributed by atoms with Gasteiger partial charge in [0, 0.05) is 24.9 Å². The second kappa shape index (κ2) is 12.3. The van der Waals surface area contributed by atoms with Gasteiger partial charge in [-0.25, -0.2) is 0 Å². The molecule has 1 atom stereocenters. The third-order valence-electron chi connectivity index (χ3n) is 2.53. The van der Waals surface area contributed by atoms with Crippen LogP contribution >= 0.6 is 11.8 Å². The summed E-state index contributed by atoms with van der Waals surface area (Å²) in [5.41, 5.74) is 0. The first-order chi connectivity index (χ1) is 7.35. The lowest BCUT2D eigenvalue weighted by Gasteiger charge is -2.16. The van der Waals surface area contributed by atoms with Crippen molar-refractivity contribution in [3.05, 3.63) is 0 Å². The van der Waals surface area contributed by atoms with Gasteiger partial charge in [-0.3, -0.25) is 0 Å². The highest BCUT2D eigenvalue weighted by Crippen LogP contribution is 2.05. The molecule has 92 valence electrons. The van der Waals surface area contributed by atoms with Gasteiger partial charge in [-0.2, -0.15) is 11.8 Å². The minimum Gasteiger partial charge on any atom is -0.396 e. The van der Waals surface area contributed by atoms with Gasteiger partial charge in [0.25, 0.3) is 0 Å². The van der Waals surface area contributed by atoms with Gasteiger partial charge in [0.1, 0.15) is 0 Å². The van der Waals surface area contributed by atoms with E-state index in [2.05, 4.69) is 19.2 Å². The third-order valence-corrected chi connectivity index (χ3v) is 3.60. The lowest BCUT2D eigenvalue weighted by atomic mass is 10.1. The lowest BCUT2D eigenvalue weighted by Crippen LogP contribution is -2.30. The van der Waals surface area contributed by atoms with Gasteiger partial charge in [-0.1, -0.05) is 26.7 Å². The smallest absolute Gasteiger partial charge is 0.0438 e. The van der Waals surface area contributed by atoms with Gasteiger partial charge >= 0.3 is 0 Å². The zero-order chi connectivity index (χ0) is 11.4. The molecule has 1 unspecified atom stereocenters. The summed E-state index contributed by atoms with van der Waals surface area (Å²) in [6, 6.07) is 0.711. The van der Waals surface area contributed by atoms with Crippen molar-refractivity contribution in [1.82, 2.24) is 5.32 Å². The summed E-state index contributed by atoms with van der Waals surface area (Å²) in [7, 11) is 0. The van der Waals surface area contributed by atoms with Crippen LogP contribution in [0.25, 0.3) is 0 Å². The highest BCUT2D eigenvalue weighted by Gasteiger charge is 2.03. The van der Waals surface area contributed by atoms with Crippen molar-refractivity contribution in [3.63, 3.8) is 0 Å². The fourth-order valence-corrected chi connectivity index (χ4v) is 2.30. The molecule has 0 spiro atoms. The molecule has 0 saturated carbocycles. The maximum Gasteiger partial charge on any atom is 0.0438 e. The van der Waals surface area contributed by atoms with Crippen LogP contribution in [0.1, 0.15) is 46.0 Å². The van der Waals surface area contributed by atoms with Crippen molar-refractivity contribution in [2.75, 3.05) is 24.7 Å². The van der Waals surface area contributed by atoms with Crippen LogP contribution in [0.15, 0.2) is 0 Å². The molecule has 0 aromatic carbocycles. The van der Waals surface area contributed by atoms with Crippen molar-refractivity contribution >= 4 is 11.8 Å². The predicted octanol–water partition coefficient (Wildman–Crippen LogP) is 2.66. The zero-order valence-corrected chi connectivity index (χ0v) is 11.1. The highest BCUT2D eigenvalue weighted by molar-refractivity contribution is 7.99. The van der Waals surface area contributed by atoms with Gasteiger partial charge < -0.3 is 10.4 Å². The minimum absolute atomic E-state index is 0.328. The molecular weight excluding hydrogens is 206 g/mol. The van der Waals surface area contributed by atoms with E-state index >= 15 is 0 Å². The van der Waals surface area contributed by atoms with Crippen molar-refractivity contribution in [2.24, 2.45) is 0 Å². The molecule has 0 amide bonds. The van der Waals surface area contributed by atoms with E-state index in [4.69, 9.17) is 5.11 Å². The Morgan fingerprint density at radius 3 is 2.60 bits per heavy atom. The van der Waals surface area contributed by atoms with Gasteiger partial charge in [-0.05, 0) is 25.0 Å². The van der Waals surface area contributed by atoms with Gasteiger partial charge in [0.05, 0.1) is 0 Å². The van der Waals surface area contributed by atoms with E-state index in [0.29, 0.717) is 12.6 Å². The lowest BCUT2D eigenvalue weighted by molar-refractivity contribution is 0.296. The first-order valence-corrected chi connectivity index (χ1v) is 7.42. The summed E-state index contributed by atoms with van der Waals surface area (Å²) in [5.74, 6) is 2.26. The molecule has 0 aliphatic heterocycles. The minimum atomic E-state index is 0.328. The maximum atomic E-state index is 8.62. The Hall–Kier alpha value is 0.270. The van der Waals surface area contributed by atoms with Crippen LogP contribution in [0.4, 0.5) is 0 Å². The summed E-state index contributed by atoms with van der Waals surface area (Å²) in [5, 5.41) is 12.2. The van der Waals surface area contributed by atoms with E-state index in [0.717, 1.165) is 18.7 Å². The topological polar surface area (TPSA) is 32.3 Å². The van der Waals surface area contributed by atoms with Gasteiger partial charge in [0.2, 0.25) is 0 Å². The first-order valence-electron chi connectivity index (χ1n) is 6.27. The molecule has 0 aromatic rings. The molecule has 0 aliphatic rings. The van der Waals surface area contributed by atoms with Crippen LogP contribution in [-0.2, 0) is 0 Å². The van der Waals surface area contributed by atoms with E-state index in [1.807, 2.05) is 11.8 Å². The molecule has 0 aliphatic carbocycles. The Bertz CT molecular complexity index is 122. The molecule has 0 aromatic heterocycles. The SMILES string of the molecule is CCCCC(CC)NCCSCCCO. The van der Waals surface area contributed by atoms with Gasteiger partial charge in [0.15, 0.2) is 0 Å². The fraction of sp³-hybridized carbons (Fsp3) is 1.00. The Morgan fingerprint density at radius 2 is 2.00 bits per heavy atom. The molecule has 0 rings (SSSR count). The van der Waals surface area contributed by atoms with Crippen LogP contribution in [0.2, 0.25) is 0 Å². The first kappa shape index (κ1) is 15.3. The number of nitrogens with one attached hydrogen (secondary N) is 1. The summed E-state index contributed by atoms with van der Waals surface area (Å²) >= 11 is 1.93. The molecular formula is C12H27NOS. The average Bonchev–Trinajstić information content (AvgIpc) is 2.27. The summed E-state index contributed by atoms with van der Waals surface area (Å²) < 4.78 is 0. The highest BCUT2D eigenvalue weighted by atomic mass is 32.2. The normalized spacial score (nSPS) is 13.0. The largest absolute Gasteiger partial charge is 0.396 e. The molecule has 2 nitrogen and oxygen atoms in total. The van der Waals surface area contributed by atoms with Crippen LogP contribution in [-0.4, -0.2) is 35.8 Å². The predicted molar refractivity (Wildman–Crippen MR) is 70.6 cm³/mol. The molecule has 2 N–H and O–H groups in total. The number of hydrogen-bond acceptors (Lipinski definition) is 3. The van der Waals surface area contributed by atoms with Crippen molar-refractivity contribution in [3.8, 4) is 0 Å². The summed E-state index contributed by atoms with van der Waals surface area (Å²) in [4.78, 5) is 0. The molecule has 15 heavy (non-hydrogen) atoms. The van der Waals surface area contributed by atoms with E-state index < -0.39 is 0 Å². The number of aliphatic hydroxyl groups excluding tert-OH is 1. The number of rotatable bonds is 11. The quantitative estimate of drug-likeness (QED) is 0.538. The molecule has 0 saturated heterocycles. The summed E-state index contributed by atoms with van der Waals surface area (Å²) in [6.45, 7) is 5.94. The molecule has 0 heterocycles. The van der Waals surface area contributed by atoms with Crippen molar-refractivity contribution in [2.45, 2.75) is 52.0 Å². The van der Waals surface area contributed by atoms with E-state index in [9.17, 15) is 0 Å². The Balaban J connectivity index is 3.22. The second-order valence-electron chi connectivity index (χ2n) is 3.89. The van der Waals surface area contributed by atoms with Crippen molar-refractivity contribution < 1.29 is 5.11 Å². The van der Waals surface area contributed by atoms with Crippen LogP contribution in [0.5, 0.6) is 0 Å². The second-order valence-corrected chi connectivity index (χ2v) is 5.12. The number of unbranched alkanes of at least 4 members (excludes halogenated alkanes) is 1. The average molecular weight is 233 g/mol. The standard InChI is InChI=1S/C12H27NOS/c1-3-5-7-12(4-2)13-8-11-15-10-6-9-14/h12-14H,3-11H2,1-2H3. The van der Waals surface area contributed by atoms with Crippen LogP contribution in [0.3, 0.4) is 0 Å². The van der Waals surface area contributed by atoms with Crippen molar-refractivity contribution in [1.29, 1.82) is 0 Å². The molecule has 0 fully saturated rings. The fourth-order valence-electron chi connectivity index (χ4n) is 1.50. The number of aliphatic hydroxyl groups is 1. The summed E-state index contributed by atoms with van der Waals surface area (Å²) in [6.07, 6.45) is 6.11. The Morgan fingerprint density at radius 1 is 1.20 bits per heavy atom. The van der Waals surface area contributed by atoms with E-state index in [1.54, 1.807) is 0 Å². The van der Waals surface area contributed by atoms with Crippen LogP contribution < -0.4 is 5.32 Å². The third kappa shape index (κ3) is 10.6. The zero-order valence-electron chi connectivity index (χ0n) is 10.3. The van der Waals surface area contributed by atoms with Gasteiger partial charge in [-0.15, -0.1) is 0 Å². The number of thioether (sulfide) groups is 1. The monoisotopic (exact) mass is 233 g/mol. The molecule has 0 bridgehead atoms. The van der Waals surface area contributed by atoms with E-state index in [-0.39, 0.29) is 0 Å².